The lowest BCUT2D eigenvalue weighted by Gasteiger charge is -2.26. The summed E-state index contributed by atoms with van der Waals surface area (Å²) in [4.78, 5) is 11.5. The van der Waals surface area contributed by atoms with Crippen LogP contribution in [0.3, 0.4) is 0 Å². The minimum absolute atomic E-state index is 0.182. The lowest BCUT2D eigenvalue weighted by Crippen LogP contribution is -2.37. The molecule has 1 saturated heterocycles. The third-order valence-electron chi connectivity index (χ3n) is 5.18. The van der Waals surface area contributed by atoms with Crippen molar-refractivity contribution in [1.82, 2.24) is 19.4 Å². The minimum atomic E-state index is 0.182. The standard InChI is InChI=1S/C21H26ClN5O2/c22-14-16-4-5-17-19(13-16)27(15-18-20(28)3-1-6-23-18)21(25-17)24-7-2-8-26-9-11-29-12-10-26/h1,3-6,13,28H,2,7-12,14-15H2,(H,24,25). The van der Waals surface area contributed by atoms with Crippen LogP contribution in [-0.2, 0) is 17.2 Å². The molecule has 154 valence electrons. The van der Waals surface area contributed by atoms with Gasteiger partial charge in [-0.15, -0.1) is 11.6 Å². The molecule has 0 spiro atoms. The van der Waals surface area contributed by atoms with Crippen molar-refractivity contribution in [3.05, 3.63) is 47.8 Å². The second kappa shape index (κ2) is 9.43. The van der Waals surface area contributed by atoms with Crippen molar-refractivity contribution < 1.29 is 9.84 Å². The lowest BCUT2D eigenvalue weighted by atomic mass is 10.2. The molecule has 0 amide bonds. The van der Waals surface area contributed by atoms with Crippen molar-refractivity contribution in [2.45, 2.75) is 18.8 Å². The van der Waals surface area contributed by atoms with Gasteiger partial charge in [-0.3, -0.25) is 9.88 Å². The number of alkyl halides is 1. The molecule has 2 N–H and O–H groups in total. The Bertz CT molecular complexity index is 955. The van der Waals surface area contributed by atoms with Crippen LogP contribution in [0, 0.1) is 0 Å². The summed E-state index contributed by atoms with van der Waals surface area (Å²) in [7, 11) is 0. The van der Waals surface area contributed by atoms with Crippen LogP contribution in [0.2, 0.25) is 0 Å². The van der Waals surface area contributed by atoms with Crippen LogP contribution < -0.4 is 5.32 Å². The Morgan fingerprint density at radius 1 is 1.21 bits per heavy atom. The van der Waals surface area contributed by atoms with Crippen LogP contribution in [0.1, 0.15) is 17.7 Å². The number of benzene rings is 1. The summed E-state index contributed by atoms with van der Waals surface area (Å²) in [6.45, 7) is 5.92. The maximum absolute atomic E-state index is 10.2. The van der Waals surface area contributed by atoms with Gasteiger partial charge >= 0.3 is 0 Å². The van der Waals surface area contributed by atoms with Crippen molar-refractivity contribution in [3.63, 3.8) is 0 Å². The Morgan fingerprint density at radius 2 is 2.07 bits per heavy atom. The van der Waals surface area contributed by atoms with E-state index in [1.54, 1.807) is 18.3 Å². The van der Waals surface area contributed by atoms with Crippen molar-refractivity contribution in [1.29, 1.82) is 0 Å². The number of aromatic nitrogens is 3. The number of imidazole rings is 1. The highest BCUT2D eigenvalue weighted by Crippen LogP contribution is 2.25. The first-order valence-electron chi connectivity index (χ1n) is 9.96. The van der Waals surface area contributed by atoms with Gasteiger partial charge in [-0.2, -0.15) is 0 Å². The monoisotopic (exact) mass is 415 g/mol. The first kappa shape index (κ1) is 19.9. The van der Waals surface area contributed by atoms with Gasteiger partial charge < -0.3 is 19.7 Å². The van der Waals surface area contributed by atoms with Crippen LogP contribution >= 0.6 is 11.6 Å². The number of ether oxygens (including phenoxy) is 1. The Morgan fingerprint density at radius 3 is 2.86 bits per heavy atom. The number of aromatic hydroxyl groups is 1. The predicted molar refractivity (Wildman–Crippen MR) is 115 cm³/mol. The summed E-state index contributed by atoms with van der Waals surface area (Å²) in [6.07, 6.45) is 2.71. The van der Waals surface area contributed by atoms with Crippen molar-refractivity contribution in [3.8, 4) is 5.75 Å². The fraction of sp³-hybridized carbons (Fsp3) is 0.429. The second-order valence-electron chi connectivity index (χ2n) is 7.18. The molecule has 0 aliphatic carbocycles. The second-order valence-corrected chi connectivity index (χ2v) is 7.45. The van der Waals surface area contributed by atoms with Gasteiger partial charge in [0.25, 0.3) is 0 Å². The van der Waals surface area contributed by atoms with Crippen molar-refractivity contribution >= 4 is 28.6 Å². The molecule has 3 heterocycles. The Kier molecular flexibility index (Phi) is 6.49. The average molecular weight is 416 g/mol. The summed E-state index contributed by atoms with van der Waals surface area (Å²) in [6, 6.07) is 9.41. The minimum Gasteiger partial charge on any atom is -0.506 e. The molecule has 0 atom stereocenters. The number of halogens is 1. The zero-order chi connectivity index (χ0) is 20.1. The van der Waals surface area contributed by atoms with Gasteiger partial charge in [0.15, 0.2) is 0 Å². The number of nitrogens with zero attached hydrogens (tertiary/aromatic N) is 4. The van der Waals surface area contributed by atoms with E-state index in [9.17, 15) is 5.11 Å². The molecule has 0 unspecified atom stereocenters. The third-order valence-corrected chi connectivity index (χ3v) is 5.49. The van der Waals surface area contributed by atoms with Crippen molar-refractivity contribution in [2.75, 3.05) is 44.7 Å². The van der Waals surface area contributed by atoms with Gasteiger partial charge in [-0.1, -0.05) is 6.07 Å². The molecule has 0 bridgehead atoms. The summed E-state index contributed by atoms with van der Waals surface area (Å²) in [5.74, 6) is 1.40. The van der Waals surface area contributed by atoms with E-state index in [0.29, 0.717) is 18.1 Å². The van der Waals surface area contributed by atoms with Gasteiger partial charge in [0.2, 0.25) is 5.95 Å². The van der Waals surface area contributed by atoms with Gasteiger partial charge in [0.05, 0.1) is 30.8 Å². The predicted octanol–water partition coefficient (Wildman–Crippen LogP) is 3.06. The van der Waals surface area contributed by atoms with Crippen LogP contribution in [-0.4, -0.2) is 63.9 Å². The average Bonchev–Trinajstić information content (AvgIpc) is 3.10. The Balaban J connectivity index is 1.52. The number of fused-ring (bicyclic) bond motifs is 1. The fourth-order valence-electron chi connectivity index (χ4n) is 3.58. The molecule has 2 aromatic heterocycles. The van der Waals surface area contributed by atoms with E-state index < -0.39 is 0 Å². The number of rotatable bonds is 8. The van der Waals surface area contributed by atoms with Gasteiger partial charge in [-0.05, 0) is 42.8 Å². The number of morpholine rings is 1. The summed E-state index contributed by atoms with van der Waals surface area (Å²) in [5.41, 5.74) is 3.51. The van der Waals surface area contributed by atoms with E-state index in [-0.39, 0.29) is 5.75 Å². The van der Waals surface area contributed by atoms with Crippen LogP contribution in [0.5, 0.6) is 5.75 Å². The third kappa shape index (κ3) is 4.80. The van der Waals surface area contributed by atoms with E-state index in [2.05, 4.69) is 19.8 Å². The van der Waals surface area contributed by atoms with Crippen LogP contribution in [0.4, 0.5) is 5.95 Å². The molecule has 0 saturated carbocycles. The van der Waals surface area contributed by atoms with Gasteiger partial charge in [-0.25, -0.2) is 4.98 Å². The Labute approximate surface area is 175 Å². The molecule has 3 aromatic rings. The molecule has 0 radical (unpaired) electrons. The number of hydrogen-bond acceptors (Lipinski definition) is 6. The van der Waals surface area contributed by atoms with E-state index >= 15 is 0 Å². The van der Waals surface area contributed by atoms with E-state index in [1.165, 1.54) is 0 Å². The normalized spacial score (nSPS) is 15.1. The molecule has 1 aromatic carbocycles. The zero-order valence-electron chi connectivity index (χ0n) is 16.4. The quantitative estimate of drug-likeness (QED) is 0.435. The highest BCUT2D eigenvalue weighted by atomic mass is 35.5. The largest absolute Gasteiger partial charge is 0.506 e. The summed E-state index contributed by atoms with van der Waals surface area (Å²) in [5, 5.41) is 13.6. The first-order chi connectivity index (χ1) is 14.2. The molecular weight excluding hydrogens is 390 g/mol. The molecule has 7 nitrogen and oxygen atoms in total. The maximum atomic E-state index is 10.2. The fourth-order valence-corrected chi connectivity index (χ4v) is 3.74. The van der Waals surface area contributed by atoms with E-state index in [0.717, 1.165) is 68.4 Å². The van der Waals surface area contributed by atoms with Gasteiger partial charge in [0.1, 0.15) is 11.4 Å². The van der Waals surface area contributed by atoms with Gasteiger partial charge in [0, 0.05) is 31.7 Å². The molecule has 1 fully saturated rings. The van der Waals surface area contributed by atoms with Crippen molar-refractivity contribution in [2.24, 2.45) is 0 Å². The molecule has 1 aliphatic heterocycles. The highest BCUT2D eigenvalue weighted by molar-refractivity contribution is 6.17. The molecule has 1 aliphatic rings. The topological polar surface area (TPSA) is 75.4 Å². The molecule has 4 rings (SSSR count). The van der Waals surface area contributed by atoms with Crippen LogP contribution in [0.15, 0.2) is 36.5 Å². The number of pyridine rings is 1. The SMILES string of the molecule is Oc1cccnc1Cn1c(NCCCN2CCOCC2)nc2ccc(CCl)cc21. The lowest BCUT2D eigenvalue weighted by molar-refractivity contribution is 0.0378. The van der Waals surface area contributed by atoms with E-state index in [4.69, 9.17) is 21.3 Å². The molecular formula is C21H26ClN5O2. The molecule has 29 heavy (non-hydrogen) atoms. The highest BCUT2D eigenvalue weighted by Gasteiger charge is 2.14. The Hall–Kier alpha value is -2.35. The number of anilines is 1. The van der Waals surface area contributed by atoms with E-state index in [1.807, 2.05) is 18.2 Å². The number of hydrogen-bond donors (Lipinski definition) is 2. The smallest absolute Gasteiger partial charge is 0.204 e. The van der Waals surface area contributed by atoms with Crippen LogP contribution in [0.25, 0.3) is 11.0 Å². The zero-order valence-corrected chi connectivity index (χ0v) is 17.1. The summed E-state index contributed by atoms with van der Waals surface area (Å²) >= 11 is 6.04. The molecule has 8 heteroatoms. The maximum Gasteiger partial charge on any atom is 0.204 e. The number of nitrogens with one attached hydrogen (secondary N) is 1. The summed E-state index contributed by atoms with van der Waals surface area (Å²) < 4.78 is 7.46. The first-order valence-corrected chi connectivity index (χ1v) is 10.5.